The van der Waals surface area contributed by atoms with Gasteiger partial charge in [0, 0.05) is 44.8 Å². The molecule has 1 rings (SSSR count). The molecule has 0 aromatic heterocycles. The highest BCUT2D eigenvalue weighted by Crippen LogP contribution is 2.04. The summed E-state index contributed by atoms with van der Waals surface area (Å²) in [7, 11) is 6.00. The summed E-state index contributed by atoms with van der Waals surface area (Å²) in [6.45, 7) is 10.1. The average molecular weight is 440 g/mol. The van der Waals surface area contributed by atoms with Crippen LogP contribution in [-0.2, 0) is 4.79 Å². The first-order valence-electron chi connectivity index (χ1n) is 7.85. The van der Waals surface area contributed by atoms with Gasteiger partial charge in [-0.25, -0.2) is 0 Å². The Hall–Kier alpha value is -0.610. The summed E-state index contributed by atoms with van der Waals surface area (Å²) in [6.07, 6.45) is 0. The zero-order chi connectivity index (χ0) is 16.8. The molecule has 1 saturated heterocycles. The fourth-order valence-corrected chi connectivity index (χ4v) is 2.38. The highest BCUT2D eigenvalue weighted by atomic mass is 127. The van der Waals surface area contributed by atoms with Gasteiger partial charge in [0.15, 0.2) is 5.96 Å². The Morgan fingerprint density at radius 2 is 1.87 bits per heavy atom. The van der Waals surface area contributed by atoms with Crippen LogP contribution >= 0.6 is 24.0 Å². The second kappa shape index (κ2) is 10.3. The second-order valence-corrected chi connectivity index (χ2v) is 7.00. The van der Waals surface area contributed by atoms with E-state index in [-0.39, 0.29) is 42.0 Å². The van der Waals surface area contributed by atoms with Crippen LogP contribution in [-0.4, -0.2) is 87.1 Å². The molecule has 1 aliphatic rings. The molecule has 0 aliphatic carbocycles. The van der Waals surface area contributed by atoms with E-state index in [2.05, 4.69) is 44.8 Å². The minimum Gasteiger partial charge on any atom is -0.355 e. The maximum absolute atomic E-state index is 11.8. The van der Waals surface area contributed by atoms with Crippen LogP contribution in [0.5, 0.6) is 0 Å². The predicted octanol–water partition coefficient (Wildman–Crippen LogP) is -0.0701. The van der Waals surface area contributed by atoms with Crippen LogP contribution in [0.4, 0.5) is 0 Å². The van der Waals surface area contributed by atoms with Gasteiger partial charge in [-0.1, -0.05) is 0 Å². The Bertz CT molecular complexity index is 396. The number of aliphatic imine (C=N–C) groups is 1. The van der Waals surface area contributed by atoms with E-state index >= 15 is 0 Å². The SMILES string of the molecule is CN=C(NCC(=O)NC(C)(C)C)NCC1CN(C)CCN1C.I. The van der Waals surface area contributed by atoms with Gasteiger partial charge in [-0.05, 0) is 34.9 Å². The topological polar surface area (TPSA) is 72.0 Å². The molecule has 0 bridgehead atoms. The second-order valence-electron chi connectivity index (χ2n) is 7.00. The predicted molar refractivity (Wildman–Crippen MR) is 107 cm³/mol. The highest BCUT2D eigenvalue weighted by molar-refractivity contribution is 14.0. The lowest BCUT2D eigenvalue weighted by Gasteiger charge is -2.37. The van der Waals surface area contributed by atoms with Gasteiger partial charge in [0.05, 0.1) is 6.54 Å². The van der Waals surface area contributed by atoms with Crippen LogP contribution in [0.15, 0.2) is 4.99 Å². The molecular weight excluding hydrogens is 407 g/mol. The van der Waals surface area contributed by atoms with Gasteiger partial charge < -0.3 is 20.9 Å². The van der Waals surface area contributed by atoms with E-state index in [1.165, 1.54) is 0 Å². The van der Waals surface area contributed by atoms with Crippen molar-refractivity contribution < 1.29 is 4.79 Å². The quantitative estimate of drug-likeness (QED) is 0.325. The number of nitrogens with one attached hydrogen (secondary N) is 3. The Morgan fingerprint density at radius 3 is 2.43 bits per heavy atom. The van der Waals surface area contributed by atoms with Crippen molar-refractivity contribution in [3.8, 4) is 0 Å². The third kappa shape index (κ3) is 9.31. The van der Waals surface area contributed by atoms with E-state index in [1.807, 2.05) is 20.8 Å². The Balaban J connectivity index is 0.00000484. The molecule has 1 amide bonds. The summed E-state index contributed by atoms with van der Waals surface area (Å²) < 4.78 is 0. The fraction of sp³-hybridized carbons (Fsp3) is 0.867. The first kappa shape index (κ1) is 22.4. The largest absolute Gasteiger partial charge is 0.355 e. The van der Waals surface area contributed by atoms with Crippen molar-refractivity contribution in [1.29, 1.82) is 0 Å². The maximum atomic E-state index is 11.8. The molecule has 1 aliphatic heterocycles. The molecule has 3 N–H and O–H groups in total. The number of nitrogens with zero attached hydrogens (tertiary/aromatic N) is 3. The molecule has 0 spiro atoms. The van der Waals surface area contributed by atoms with Gasteiger partial charge in [0.25, 0.3) is 0 Å². The standard InChI is InChI=1S/C15H32N6O.HI/c1-15(2,3)19-13(22)10-18-14(16-4)17-9-12-11-20(5)7-8-21(12)6;/h12H,7-11H2,1-6H3,(H,19,22)(H2,16,17,18);1H. The minimum absolute atomic E-state index is 0. The lowest BCUT2D eigenvalue weighted by Crippen LogP contribution is -2.56. The van der Waals surface area contributed by atoms with Crippen molar-refractivity contribution in [1.82, 2.24) is 25.8 Å². The first-order chi connectivity index (χ1) is 10.2. The smallest absolute Gasteiger partial charge is 0.239 e. The number of rotatable bonds is 4. The van der Waals surface area contributed by atoms with E-state index in [4.69, 9.17) is 0 Å². The molecule has 1 atom stereocenters. The molecule has 0 aromatic carbocycles. The molecule has 0 radical (unpaired) electrons. The molecular formula is C15H33IN6O. The van der Waals surface area contributed by atoms with Gasteiger partial charge in [-0.2, -0.15) is 0 Å². The van der Waals surface area contributed by atoms with Gasteiger partial charge in [-0.3, -0.25) is 14.7 Å². The zero-order valence-electron chi connectivity index (χ0n) is 15.3. The summed E-state index contributed by atoms with van der Waals surface area (Å²) >= 11 is 0. The molecule has 1 fully saturated rings. The number of hydrogen-bond acceptors (Lipinski definition) is 4. The Labute approximate surface area is 157 Å². The number of halogens is 1. The first-order valence-corrected chi connectivity index (χ1v) is 7.85. The Morgan fingerprint density at radius 1 is 1.22 bits per heavy atom. The molecule has 1 unspecified atom stereocenters. The summed E-state index contributed by atoms with van der Waals surface area (Å²) in [6, 6.07) is 0.445. The van der Waals surface area contributed by atoms with Crippen molar-refractivity contribution in [3.63, 3.8) is 0 Å². The zero-order valence-corrected chi connectivity index (χ0v) is 17.6. The lowest BCUT2D eigenvalue weighted by molar-refractivity contribution is -0.121. The Kier molecular flexibility index (Phi) is 10.0. The molecule has 8 heteroatoms. The maximum Gasteiger partial charge on any atom is 0.239 e. The van der Waals surface area contributed by atoms with Gasteiger partial charge in [0.2, 0.25) is 5.91 Å². The van der Waals surface area contributed by atoms with Crippen molar-refractivity contribution in [3.05, 3.63) is 0 Å². The average Bonchev–Trinajstić information content (AvgIpc) is 2.40. The fourth-order valence-electron chi connectivity index (χ4n) is 2.38. The number of carbonyl (C=O) groups is 1. The van der Waals surface area contributed by atoms with Crippen LogP contribution < -0.4 is 16.0 Å². The van der Waals surface area contributed by atoms with E-state index < -0.39 is 0 Å². The molecule has 7 nitrogen and oxygen atoms in total. The van der Waals surface area contributed by atoms with Crippen LogP contribution in [0.1, 0.15) is 20.8 Å². The van der Waals surface area contributed by atoms with Crippen LogP contribution in [0.2, 0.25) is 0 Å². The van der Waals surface area contributed by atoms with Crippen LogP contribution in [0.3, 0.4) is 0 Å². The van der Waals surface area contributed by atoms with Gasteiger partial charge >= 0.3 is 0 Å². The van der Waals surface area contributed by atoms with E-state index in [0.717, 1.165) is 26.2 Å². The number of amides is 1. The molecule has 0 aromatic rings. The summed E-state index contributed by atoms with van der Waals surface area (Å²) in [4.78, 5) is 20.7. The molecule has 0 saturated carbocycles. The van der Waals surface area contributed by atoms with E-state index in [0.29, 0.717) is 12.0 Å². The monoisotopic (exact) mass is 440 g/mol. The minimum atomic E-state index is -0.217. The normalized spacial score (nSPS) is 20.6. The van der Waals surface area contributed by atoms with Gasteiger partial charge in [-0.15, -0.1) is 24.0 Å². The number of carbonyl (C=O) groups excluding carboxylic acids is 1. The van der Waals surface area contributed by atoms with Crippen molar-refractivity contribution in [2.75, 3.05) is 53.9 Å². The van der Waals surface area contributed by atoms with Crippen LogP contribution in [0.25, 0.3) is 0 Å². The highest BCUT2D eigenvalue weighted by Gasteiger charge is 2.22. The third-order valence-electron chi connectivity index (χ3n) is 3.64. The number of piperazine rings is 1. The number of hydrogen-bond donors (Lipinski definition) is 3. The van der Waals surface area contributed by atoms with Gasteiger partial charge in [0.1, 0.15) is 0 Å². The third-order valence-corrected chi connectivity index (χ3v) is 3.64. The van der Waals surface area contributed by atoms with Crippen molar-refractivity contribution >= 4 is 35.8 Å². The molecule has 136 valence electrons. The number of guanidine groups is 1. The summed E-state index contributed by atoms with van der Waals surface area (Å²) in [5.41, 5.74) is -0.217. The lowest BCUT2D eigenvalue weighted by atomic mass is 10.1. The molecule has 1 heterocycles. The molecule has 23 heavy (non-hydrogen) atoms. The van der Waals surface area contributed by atoms with Crippen LogP contribution in [0, 0.1) is 0 Å². The van der Waals surface area contributed by atoms with E-state index in [9.17, 15) is 4.79 Å². The van der Waals surface area contributed by atoms with Crippen molar-refractivity contribution in [2.24, 2.45) is 4.99 Å². The summed E-state index contributed by atoms with van der Waals surface area (Å²) in [5.74, 6) is 0.621. The van der Waals surface area contributed by atoms with Crippen molar-refractivity contribution in [2.45, 2.75) is 32.4 Å². The number of likely N-dealkylation sites (N-methyl/N-ethyl adjacent to an activating group) is 2. The van der Waals surface area contributed by atoms with E-state index in [1.54, 1.807) is 7.05 Å². The summed E-state index contributed by atoms with van der Waals surface area (Å²) in [5, 5.41) is 9.27.